The Kier molecular flexibility index (Phi) is 4.29. The SMILES string of the molecule is COc1ccc(CN2Cc3cc(Br)cc(C(F)(F)F)c3C2=O)cc1. The molecule has 0 atom stereocenters. The van der Waals surface area contributed by atoms with Crippen LogP contribution >= 0.6 is 15.9 Å². The molecule has 126 valence electrons. The third-order valence-corrected chi connectivity index (χ3v) is 4.34. The Labute approximate surface area is 145 Å². The van der Waals surface area contributed by atoms with Crippen LogP contribution in [0.2, 0.25) is 0 Å². The number of carbonyl (C=O) groups excluding carboxylic acids is 1. The topological polar surface area (TPSA) is 29.5 Å². The van der Waals surface area contributed by atoms with E-state index in [1.807, 2.05) is 0 Å². The normalized spacial score (nSPS) is 14.0. The quantitative estimate of drug-likeness (QED) is 0.752. The summed E-state index contributed by atoms with van der Waals surface area (Å²) in [5.74, 6) is 0.0821. The van der Waals surface area contributed by atoms with Crippen molar-refractivity contribution in [2.24, 2.45) is 0 Å². The van der Waals surface area contributed by atoms with Crippen molar-refractivity contribution in [3.05, 3.63) is 63.1 Å². The molecule has 1 aliphatic heterocycles. The van der Waals surface area contributed by atoms with Crippen molar-refractivity contribution in [2.45, 2.75) is 19.3 Å². The van der Waals surface area contributed by atoms with Gasteiger partial charge in [-0.05, 0) is 35.4 Å². The van der Waals surface area contributed by atoms with Gasteiger partial charge in [-0.3, -0.25) is 4.79 Å². The second-order valence-corrected chi connectivity index (χ2v) is 6.41. The lowest BCUT2D eigenvalue weighted by Gasteiger charge is -2.16. The number of benzene rings is 2. The summed E-state index contributed by atoms with van der Waals surface area (Å²) in [6.45, 7) is 0.398. The van der Waals surface area contributed by atoms with Gasteiger partial charge >= 0.3 is 6.18 Å². The summed E-state index contributed by atoms with van der Waals surface area (Å²) in [6.07, 6.45) is -4.57. The molecule has 2 aromatic rings. The molecule has 2 aromatic carbocycles. The van der Waals surface area contributed by atoms with Gasteiger partial charge in [0, 0.05) is 17.6 Å². The van der Waals surface area contributed by atoms with Gasteiger partial charge in [0.1, 0.15) is 5.75 Å². The fraction of sp³-hybridized carbons (Fsp3) is 0.235. The van der Waals surface area contributed by atoms with E-state index in [1.54, 1.807) is 37.4 Å². The van der Waals surface area contributed by atoms with Gasteiger partial charge in [-0.1, -0.05) is 28.1 Å². The van der Waals surface area contributed by atoms with E-state index in [9.17, 15) is 18.0 Å². The van der Waals surface area contributed by atoms with Gasteiger partial charge in [0.15, 0.2) is 0 Å². The lowest BCUT2D eigenvalue weighted by molar-refractivity contribution is -0.138. The van der Waals surface area contributed by atoms with Crippen LogP contribution in [0.3, 0.4) is 0 Å². The number of amides is 1. The van der Waals surface area contributed by atoms with Crippen LogP contribution in [-0.2, 0) is 19.3 Å². The minimum atomic E-state index is -4.57. The van der Waals surface area contributed by atoms with Crippen LogP contribution in [0.5, 0.6) is 5.75 Å². The Bertz CT molecular complexity index is 788. The zero-order valence-corrected chi connectivity index (χ0v) is 14.2. The molecule has 0 aromatic heterocycles. The number of ether oxygens (including phenoxy) is 1. The highest BCUT2D eigenvalue weighted by Crippen LogP contribution is 2.39. The summed E-state index contributed by atoms with van der Waals surface area (Å²) < 4.78 is 45.1. The van der Waals surface area contributed by atoms with E-state index in [1.165, 1.54) is 4.90 Å². The second kappa shape index (κ2) is 6.12. The summed E-state index contributed by atoms with van der Waals surface area (Å²) in [5.41, 5.74) is 0.0631. The highest BCUT2D eigenvalue weighted by Gasteiger charge is 2.41. The minimum Gasteiger partial charge on any atom is -0.497 e. The summed E-state index contributed by atoms with van der Waals surface area (Å²) >= 11 is 3.09. The predicted octanol–water partition coefficient (Wildman–Crippen LogP) is 4.63. The maximum Gasteiger partial charge on any atom is 0.417 e. The molecule has 0 aliphatic carbocycles. The molecule has 1 aliphatic rings. The van der Waals surface area contributed by atoms with Crippen LogP contribution in [0.15, 0.2) is 40.9 Å². The van der Waals surface area contributed by atoms with E-state index in [0.717, 1.165) is 11.6 Å². The van der Waals surface area contributed by atoms with Crippen molar-refractivity contribution in [1.29, 1.82) is 0 Å². The number of hydrogen-bond donors (Lipinski definition) is 0. The Hall–Kier alpha value is -2.02. The van der Waals surface area contributed by atoms with Crippen LogP contribution in [0.25, 0.3) is 0 Å². The van der Waals surface area contributed by atoms with Crippen molar-refractivity contribution in [3.63, 3.8) is 0 Å². The average molecular weight is 400 g/mol. The van der Waals surface area contributed by atoms with Gasteiger partial charge in [0.25, 0.3) is 5.91 Å². The van der Waals surface area contributed by atoms with Crippen molar-refractivity contribution < 1.29 is 22.7 Å². The zero-order valence-electron chi connectivity index (χ0n) is 12.7. The number of methoxy groups -OCH3 is 1. The molecule has 0 saturated heterocycles. The second-order valence-electron chi connectivity index (χ2n) is 5.49. The van der Waals surface area contributed by atoms with Crippen LogP contribution in [0.4, 0.5) is 13.2 Å². The highest BCUT2D eigenvalue weighted by molar-refractivity contribution is 9.10. The van der Waals surface area contributed by atoms with Crippen LogP contribution in [0, 0.1) is 0 Å². The van der Waals surface area contributed by atoms with Gasteiger partial charge in [-0.2, -0.15) is 13.2 Å². The van der Waals surface area contributed by atoms with Crippen LogP contribution < -0.4 is 4.74 Å². The first-order chi connectivity index (χ1) is 11.3. The van der Waals surface area contributed by atoms with Crippen molar-refractivity contribution in [2.75, 3.05) is 7.11 Å². The standard InChI is InChI=1S/C17H13BrF3NO2/c1-24-13-4-2-10(3-5-13)8-22-9-11-6-12(18)7-14(17(19,20)21)15(11)16(22)23/h2-7H,8-9H2,1H3. The van der Waals surface area contributed by atoms with Gasteiger partial charge in [-0.25, -0.2) is 0 Å². The van der Waals surface area contributed by atoms with Gasteiger partial charge in [0.2, 0.25) is 0 Å². The molecule has 0 spiro atoms. The van der Waals surface area contributed by atoms with Gasteiger partial charge in [-0.15, -0.1) is 0 Å². The van der Waals surface area contributed by atoms with Gasteiger partial charge < -0.3 is 9.64 Å². The first kappa shape index (κ1) is 16.8. The summed E-state index contributed by atoms with van der Waals surface area (Å²) in [7, 11) is 1.55. The fourth-order valence-corrected chi connectivity index (χ4v) is 3.28. The lowest BCUT2D eigenvalue weighted by Crippen LogP contribution is -2.24. The van der Waals surface area contributed by atoms with E-state index in [2.05, 4.69) is 15.9 Å². The number of alkyl halides is 3. The lowest BCUT2D eigenvalue weighted by atomic mass is 10.0. The Balaban J connectivity index is 1.90. The average Bonchev–Trinajstić information content (AvgIpc) is 2.82. The zero-order chi connectivity index (χ0) is 17.5. The highest BCUT2D eigenvalue weighted by atomic mass is 79.9. The van der Waals surface area contributed by atoms with Crippen molar-refractivity contribution >= 4 is 21.8 Å². The molecule has 7 heteroatoms. The Morgan fingerprint density at radius 1 is 1.21 bits per heavy atom. The molecule has 0 N–H and O–H groups in total. The first-order valence-corrected chi connectivity index (χ1v) is 7.90. The third-order valence-electron chi connectivity index (χ3n) is 3.88. The maximum absolute atomic E-state index is 13.2. The number of hydrogen-bond acceptors (Lipinski definition) is 2. The Morgan fingerprint density at radius 3 is 2.46 bits per heavy atom. The molecule has 0 fully saturated rings. The molecule has 0 radical (unpaired) electrons. The Morgan fingerprint density at radius 2 is 1.88 bits per heavy atom. The first-order valence-electron chi connectivity index (χ1n) is 7.11. The third kappa shape index (κ3) is 3.13. The van der Waals surface area contributed by atoms with E-state index in [0.29, 0.717) is 15.8 Å². The molecule has 0 unspecified atom stereocenters. The fourth-order valence-electron chi connectivity index (χ4n) is 2.78. The number of nitrogens with zero attached hydrogens (tertiary/aromatic N) is 1. The molecule has 0 saturated carbocycles. The smallest absolute Gasteiger partial charge is 0.417 e. The molecule has 1 heterocycles. The van der Waals surface area contributed by atoms with E-state index in [-0.39, 0.29) is 18.7 Å². The largest absolute Gasteiger partial charge is 0.497 e. The monoisotopic (exact) mass is 399 g/mol. The molecule has 3 nitrogen and oxygen atoms in total. The molecular formula is C17H13BrF3NO2. The number of rotatable bonds is 3. The number of carbonyl (C=O) groups is 1. The maximum atomic E-state index is 13.2. The molecular weight excluding hydrogens is 387 g/mol. The predicted molar refractivity (Wildman–Crippen MR) is 85.7 cm³/mol. The summed E-state index contributed by atoms with van der Waals surface area (Å²) in [6, 6.07) is 9.59. The minimum absolute atomic E-state index is 0.155. The molecule has 0 bridgehead atoms. The van der Waals surface area contributed by atoms with Crippen LogP contribution in [0.1, 0.15) is 27.0 Å². The summed E-state index contributed by atoms with van der Waals surface area (Å²) in [4.78, 5) is 13.9. The number of halogens is 4. The van der Waals surface area contributed by atoms with Crippen molar-refractivity contribution in [3.8, 4) is 5.75 Å². The molecule has 3 rings (SSSR count). The number of fused-ring (bicyclic) bond motifs is 1. The summed E-state index contributed by atoms with van der Waals surface area (Å²) in [5, 5.41) is 0. The molecule has 1 amide bonds. The van der Waals surface area contributed by atoms with Crippen molar-refractivity contribution in [1.82, 2.24) is 4.90 Å². The van der Waals surface area contributed by atoms with E-state index < -0.39 is 17.6 Å². The molecule has 24 heavy (non-hydrogen) atoms. The van der Waals surface area contributed by atoms with Crippen LogP contribution in [-0.4, -0.2) is 17.9 Å². The van der Waals surface area contributed by atoms with Gasteiger partial charge in [0.05, 0.1) is 18.2 Å². The van der Waals surface area contributed by atoms with E-state index >= 15 is 0 Å². The van der Waals surface area contributed by atoms with E-state index in [4.69, 9.17) is 4.74 Å².